The van der Waals surface area contributed by atoms with Crippen molar-refractivity contribution >= 4 is 17.5 Å². The minimum absolute atomic E-state index is 0.0723. The fraction of sp³-hybridized carbons (Fsp3) is 0.350. The molecule has 2 aromatic rings. The zero-order valence-electron chi connectivity index (χ0n) is 14.5. The lowest BCUT2D eigenvalue weighted by Gasteiger charge is -2.27. The molecule has 0 bridgehead atoms. The largest absolute Gasteiger partial charge is 0.379 e. The quantitative estimate of drug-likeness (QED) is 0.842. The summed E-state index contributed by atoms with van der Waals surface area (Å²) in [5.74, 6) is -0.710. The maximum Gasteiger partial charge on any atom is 0.224 e. The van der Waals surface area contributed by atoms with Crippen molar-refractivity contribution in [1.82, 2.24) is 10.2 Å². The average molecular weight is 377 g/mol. The van der Waals surface area contributed by atoms with Gasteiger partial charge in [0.15, 0.2) is 0 Å². The molecule has 0 spiro atoms. The molecule has 0 aromatic heterocycles. The van der Waals surface area contributed by atoms with Gasteiger partial charge in [-0.2, -0.15) is 0 Å². The van der Waals surface area contributed by atoms with E-state index in [-0.39, 0.29) is 22.9 Å². The molecule has 1 N–H and O–H groups in total. The van der Waals surface area contributed by atoms with Crippen LogP contribution >= 0.6 is 11.6 Å². The van der Waals surface area contributed by atoms with Gasteiger partial charge in [0.05, 0.1) is 19.6 Å². The first kappa shape index (κ1) is 18.8. The number of carbonyl (C=O) groups is 1. The Labute approximate surface area is 157 Å². The van der Waals surface area contributed by atoms with Crippen molar-refractivity contribution in [2.24, 2.45) is 0 Å². The third-order valence-corrected chi connectivity index (χ3v) is 4.85. The zero-order valence-corrected chi connectivity index (χ0v) is 15.3. The van der Waals surface area contributed by atoms with Crippen LogP contribution in [0.25, 0.3) is 0 Å². The van der Waals surface area contributed by atoms with E-state index in [1.54, 1.807) is 6.07 Å². The zero-order chi connectivity index (χ0) is 18.4. The van der Waals surface area contributed by atoms with Crippen LogP contribution in [0.3, 0.4) is 0 Å². The van der Waals surface area contributed by atoms with Crippen LogP contribution in [0.5, 0.6) is 0 Å². The van der Waals surface area contributed by atoms with Gasteiger partial charge in [-0.1, -0.05) is 41.9 Å². The molecule has 4 nitrogen and oxygen atoms in total. The molecule has 6 heteroatoms. The van der Waals surface area contributed by atoms with E-state index in [9.17, 15) is 9.18 Å². The van der Waals surface area contributed by atoms with Gasteiger partial charge in [0, 0.05) is 36.8 Å². The number of morpholine rings is 1. The first-order valence-electron chi connectivity index (χ1n) is 8.70. The number of benzene rings is 2. The van der Waals surface area contributed by atoms with Gasteiger partial charge in [0.1, 0.15) is 5.82 Å². The fourth-order valence-electron chi connectivity index (χ4n) is 3.00. The summed E-state index contributed by atoms with van der Waals surface area (Å²) in [6.45, 7) is 4.56. The lowest BCUT2D eigenvalue weighted by molar-refractivity contribution is -0.120. The lowest BCUT2D eigenvalue weighted by Crippen LogP contribution is -2.36. The van der Waals surface area contributed by atoms with Crippen LogP contribution < -0.4 is 5.32 Å². The Morgan fingerprint density at radius 3 is 2.58 bits per heavy atom. The van der Waals surface area contributed by atoms with E-state index in [1.807, 2.05) is 18.2 Å². The molecule has 0 aliphatic carbocycles. The monoisotopic (exact) mass is 376 g/mol. The molecular weight excluding hydrogens is 355 g/mol. The Morgan fingerprint density at radius 1 is 1.12 bits per heavy atom. The van der Waals surface area contributed by atoms with Crippen LogP contribution in [-0.4, -0.2) is 37.1 Å². The van der Waals surface area contributed by atoms with Gasteiger partial charge in [-0.05, 0) is 23.3 Å². The van der Waals surface area contributed by atoms with E-state index in [4.69, 9.17) is 16.3 Å². The second-order valence-electron chi connectivity index (χ2n) is 6.31. The molecule has 0 unspecified atom stereocenters. The van der Waals surface area contributed by atoms with Gasteiger partial charge < -0.3 is 10.1 Å². The second-order valence-corrected chi connectivity index (χ2v) is 6.72. The minimum atomic E-state index is -0.458. The number of nitrogens with zero attached hydrogens (tertiary/aromatic N) is 1. The molecule has 138 valence electrons. The summed E-state index contributed by atoms with van der Waals surface area (Å²) in [7, 11) is 0. The highest BCUT2D eigenvalue weighted by Gasteiger charge is 2.14. The Morgan fingerprint density at radius 2 is 1.85 bits per heavy atom. The van der Waals surface area contributed by atoms with Crippen molar-refractivity contribution in [2.45, 2.75) is 19.5 Å². The molecule has 1 heterocycles. The third-order valence-electron chi connectivity index (χ3n) is 4.49. The smallest absolute Gasteiger partial charge is 0.224 e. The standard InChI is InChI=1S/C20H22ClFN2O2/c21-18-6-3-7-19(22)17(18)12-20(25)23-13-15-4-1-2-5-16(15)14-24-8-10-26-11-9-24/h1-7H,8-14H2,(H,23,25). The van der Waals surface area contributed by atoms with E-state index < -0.39 is 5.82 Å². The summed E-state index contributed by atoms with van der Waals surface area (Å²) in [4.78, 5) is 14.6. The van der Waals surface area contributed by atoms with E-state index in [1.165, 1.54) is 17.7 Å². The van der Waals surface area contributed by atoms with Gasteiger partial charge in [0.2, 0.25) is 5.91 Å². The summed E-state index contributed by atoms with van der Waals surface area (Å²) in [6, 6.07) is 12.5. The number of ether oxygens (including phenoxy) is 1. The molecule has 0 radical (unpaired) electrons. The molecule has 0 atom stereocenters. The highest BCUT2D eigenvalue weighted by atomic mass is 35.5. The van der Waals surface area contributed by atoms with Crippen LogP contribution in [-0.2, 0) is 29.0 Å². The SMILES string of the molecule is O=C(Cc1c(F)cccc1Cl)NCc1ccccc1CN1CCOCC1. The van der Waals surface area contributed by atoms with Crippen molar-refractivity contribution < 1.29 is 13.9 Å². The first-order valence-corrected chi connectivity index (χ1v) is 9.08. The van der Waals surface area contributed by atoms with Gasteiger partial charge in [0.25, 0.3) is 0 Å². The Hall–Kier alpha value is -1.95. The number of rotatable bonds is 6. The molecule has 1 aliphatic heterocycles. The summed E-state index contributed by atoms with van der Waals surface area (Å²) in [6.07, 6.45) is -0.0723. The van der Waals surface area contributed by atoms with Crippen molar-refractivity contribution in [1.29, 1.82) is 0 Å². The molecule has 1 fully saturated rings. The van der Waals surface area contributed by atoms with Crippen LogP contribution in [0.1, 0.15) is 16.7 Å². The number of hydrogen-bond donors (Lipinski definition) is 1. The molecule has 26 heavy (non-hydrogen) atoms. The maximum atomic E-state index is 13.8. The number of carbonyl (C=O) groups excluding carboxylic acids is 1. The number of halogens is 2. The minimum Gasteiger partial charge on any atom is -0.379 e. The Bertz CT molecular complexity index is 743. The van der Waals surface area contributed by atoms with Crippen LogP contribution in [0, 0.1) is 5.82 Å². The highest BCUT2D eigenvalue weighted by Crippen LogP contribution is 2.19. The predicted molar refractivity (Wildman–Crippen MR) is 99.5 cm³/mol. The predicted octanol–water partition coefficient (Wildman–Crippen LogP) is 3.17. The van der Waals surface area contributed by atoms with Crippen LogP contribution in [0.2, 0.25) is 5.02 Å². The van der Waals surface area contributed by atoms with Crippen LogP contribution in [0.4, 0.5) is 4.39 Å². The maximum absolute atomic E-state index is 13.8. The van der Waals surface area contributed by atoms with E-state index in [0.717, 1.165) is 38.4 Å². The molecule has 1 aliphatic rings. The molecule has 2 aromatic carbocycles. The van der Waals surface area contributed by atoms with Crippen molar-refractivity contribution in [3.8, 4) is 0 Å². The molecular formula is C20H22ClFN2O2. The van der Waals surface area contributed by atoms with Gasteiger partial charge in [-0.3, -0.25) is 9.69 Å². The van der Waals surface area contributed by atoms with E-state index >= 15 is 0 Å². The van der Waals surface area contributed by atoms with Crippen molar-refractivity contribution in [3.63, 3.8) is 0 Å². The lowest BCUT2D eigenvalue weighted by atomic mass is 10.1. The summed E-state index contributed by atoms with van der Waals surface area (Å²) in [5, 5.41) is 3.14. The summed E-state index contributed by atoms with van der Waals surface area (Å²) < 4.78 is 19.2. The molecule has 1 amide bonds. The summed E-state index contributed by atoms with van der Waals surface area (Å²) >= 11 is 5.99. The van der Waals surface area contributed by atoms with Crippen molar-refractivity contribution in [3.05, 3.63) is 70.0 Å². The normalized spacial score (nSPS) is 15.0. The number of nitrogens with one attached hydrogen (secondary N) is 1. The summed E-state index contributed by atoms with van der Waals surface area (Å²) in [5.41, 5.74) is 2.47. The number of amides is 1. The Kier molecular flexibility index (Phi) is 6.61. The highest BCUT2D eigenvalue weighted by molar-refractivity contribution is 6.31. The van der Waals surface area contributed by atoms with Gasteiger partial charge in [-0.25, -0.2) is 4.39 Å². The van der Waals surface area contributed by atoms with E-state index in [0.29, 0.717) is 6.54 Å². The first-order chi connectivity index (χ1) is 12.6. The van der Waals surface area contributed by atoms with E-state index in [2.05, 4.69) is 16.3 Å². The third kappa shape index (κ3) is 5.04. The number of hydrogen-bond acceptors (Lipinski definition) is 3. The average Bonchev–Trinajstić information content (AvgIpc) is 2.65. The van der Waals surface area contributed by atoms with Crippen LogP contribution in [0.15, 0.2) is 42.5 Å². The topological polar surface area (TPSA) is 41.6 Å². The van der Waals surface area contributed by atoms with Gasteiger partial charge in [-0.15, -0.1) is 0 Å². The fourth-order valence-corrected chi connectivity index (χ4v) is 3.23. The molecule has 3 rings (SSSR count). The molecule has 1 saturated heterocycles. The van der Waals surface area contributed by atoms with Gasteiger partial charge >= 0.3 is 0 Å². The Balaban J connectivity index is 1.59. The molecule has 0 saturated carbocycles. The second kappa shape index (κ2) is 9.12. The van der Waals surface area contributed by atoms with Crippen molar-refractivity contribution in [2.75, 3.05) is 26.3 Å².